The first-order valence-corrected chi connectivity index (χ1v) is 9.52. The standard InChI is InChI=1S/C21H19ClF2N2O3/c1-12-19(20(27)26-18-9-25-11-21(18,23)24)14-7-17(15(22)8-16(14)29-12)28-10-13-5-3-2-4-6-13/h2-8,18,25H,9-11H2,1H3,(H,26,27). The number of halogens is 3. The number of hydrogen-bond acceptors (Lipinski definition) is 4. The van der Waals surface area contributed by atoms with Crippen LogP contribution in [0.4, 0.5) is 8.78 Å². The molecule has 4 rings (SSSR count). The van der Waals surface area contributed by atoms with Gasteiger partial charge in [-0.1, -0.05) is 41.9 Å². The van der Waals surface area contributed by atoms with E-state index in [0.717, 1.165) is 5.56 Å². The van der Waals surface area contributed by atoms with E-state index in [1.54, 1.807) is 19.1 Å². The van der Waals surface area contributed by atoms with Crippen molar-refractivity contribution >= 4 is 28.5 Å². The third-order valence-electron chi connectivity index (χ3n) is 4.91. The molecule has 8 heteroatoms. The summed E-state index contributed by atoms with van der Waals surface area (Å²) in [5.74, 6) is -2.92. The summed E-state index contributed by atoms with van der Waals surface area (Å²) in [5, 5.41) is 5.79. The van der Waals surface area contributed by atoms with Gasteiger partial charge >= 0.3 is 0 Å². The number of furan rings is 1. The van der Waals surface area contributed by atoms with E-state index in [4.69, 9.17) is 20.8 Å². The second-order valence-corrected chi connectivity index (χ2v) is 7.41. The molecule has 5 nitrogen and oxygen atoms in total. The maximum Gasteiger partial charge on any atom is 0.281 e. The van der Waals surface area contributed by atoms with E-state index < -0.39 is 24.4 Å². The fraction of sp³-hybridized carbons (Fsp3) is 0.286. The van der Waals surface area contributed by atoms with Crippen molar-refractivity contribution in [1.82, 2.24) is 10.6 Å². The van der Waals surface area contributed by atoms with Crippen LogP contribution in [0.1, 0.15) is 21.7 Å². The minimum Gasteiger partial charge on any atom is -0.487 e. The smallest absolute Gasteiger partial charge is 0.281 e. The number of ether oxygens (including phenoxy) is 1. The Bertz CT molecular complexity index is 1050. The molecular formula is C21H19ClF2N2O3. The number of benzene rings is 2. The predicted molar refractivity (Wildman–Crippen MR) is 106 cm³/mol. The molecule has 29 heavy (non-hydrogen) atoms. The van der Waals surface area contributed by atoms with Crippen LogP contribution in [-0.2, 0) is 6.61 Å². The fourth-order valence-corrected chi connectivity index (χ4v) is 3.60. The molecule has 0 spiro atoms. The molecule has 0 aliphatic carbocycles. The SMILES string of the molecule is Cc1oc2cc(Cl)c(OCc3ccccc3)cc2c1C(=O)NC1CNCC1(F)F. The summed E-state index contributed by atoms with van der Waals surface area (Å²) in [6.45, 7) is 1.45. The van der Waals surface area contributed by atoms with Crippen molar-refractivity contribution in [2.24, 2.45) is 0 Å². The third kappa shape index (κ3) is 3.93. The van der Waals surface area contributed by atoms with E-state index in [-0.39, 0.29) is 12.1 Å². The summed E-state index contributed by atoms with van der Waals surface area (Å²) < 4.78 is 39.2. The Morgan fingerprint density at radius 1 is 1.34 bits per heavy atom. The highest BCUT2D eigenvalue weighted by molar-refractivity contribution is 6.33. The summed E-state index contributed by atoms with van der Waals surface area (Å²) in [4.78, 5) is 12.8. The van der Waals surface area contributed by atoms with Crippen LogP contribution in [0.25, 0.3) is 11.0 Å². The Morgan fingerprint density at radius 2 is 2.10 bits per heavy atom. The molecule has 1 aliphatic rings. The summed E-state index contributed by atoms with van der Waals surface area (Å²) in [5.41, 5.74) is 1.55. The maximum atomic E-state index is 13.9. The molecule has 1 fully saturated rings. The van der Waals surface area contributed by atoms with Gasteiger partial charge in [0, 0.05) is 18.0 Å². The number of aryl methyl sites for hydroxylation is 1. The van der Waals surface area contributed by atoms with Crippen molar-refractivity contribution < 1.29 is 22.7 Å². The molecular weight excluding hydrogens is 402 g/mol. The number of fused-ring (bicyclic) bond motifs is 1. The van der Waals surface area contributed by atoms with E-state index in [1.807, 2.05) is 30.3 Å². The van der Waals surface area contributed by atoms with Crippen molar-refractivity contribution in [3.63, 3.8) is 0 Å². The highest BCUT2D eigenvalue weighted by Crippen LogP contribution is 2.35. The molecule has 2 aromatic carbocycles. The van der Waals surface area contributed by atoms with Crippen LogP contribution >= 0.6 is 11.6 Å². The summed E-state index contributed by atoms with van der Waals surface area (Å²) in [7, 11) is 0. The number of hydrogen-bond donors (Lipinski definition) is 2. The van der Waals surface area contributed by atoms with Crippen molar-refractivity contribution in [2.75, 3.05) is 13.1 Å². The van der Waals surface area contributed by atoms with Gasteiger partial charge in [0.1, 0.15) is 29.7 Å². The maximum absolute atomic E-state index is 13.9. The van der Waals surface area contributed by atoms with Crippen LogP contribution < -0.4 is 15.4 Å². The van der Waals surface area contributed by atoms with Gasteiger partial charge in [-0.15, -0.1) is 0 Å². The van der Waals surface area contributed by atoms with Crippen molar-refractivity contribution in [2.45, 2.75) is 25.5 Å². The van der Waals surface area contributed by atoms with Gasteiger partial charge in [0.05, 0.1) is 17.1 Å². The van der Waals surface area contributed by atoms with E-state index in [2.05, 4.69) is 10.6 Å². The van der Waals surface area contributed by atoms with Gasteiger partial charge in [-0.2, -0.15) is 0 Å². The van der Waals surface area contributed by atoms with Gasteiger partial charge < -0.3 is 19.8 Å². The molecule has 1 amide bonds. The first-order valence-electron chi connectivity index (χ1n) is 9.14. The lowest BCUT2D eigenvalue weighted by molar-refractivity contribution is -0.00247. The average molecular weight is 421 g/mol. The Hall–Kier alpha value is -2.64. The Balaban J connectivity index is 1.62. The van der Waals surface area contributed by atoms with Crippen molar-refractivity contribution in [3.05, 3.63) is 64.4 Å². The number of amides is 1. The molecule has 0 saturated carbocycles. The topological polar surface area (TPSA) is 63.5 Å². The molecule has 1 aromatic heterocycles. The number of carbonyl (C=O) groups is 1. The van der Waals surface area contributed by atoms with Gasteiger partial charge in [-0.3, -0.25) is 4.79 Å². The lowest BCUT2D eigenvalue weighted by atomic mass is 10.1. The minimum absolute atomic E-state index is 0.00480. The van der Waals surface area contributed by atoms with Gasteiger partial charge in [0.2, 0.25) is 0 Å². The summed E-state index contributed by atoms with van der Waals surface area (Å²) >= 11 is 6.29. The van der Waals surface area contributed by atoms with Crippen LogP contribution in [0, 0.1) is 6.92 Å². The highest BCUT2D eigenvalue weighted by atomic mass is 35.5. The van der Waals surface area contributed by atoms with E-state index in [1.165, 1.54) is 0 Å². The number of carbonyl (C=O) groups excluding carboxylic acids is 1. The largest absolute Gasteiger partial charge is 0.487 e. The number of nitrogens with one attached hydrogen (secondary N) is 2. The lowest BCUT2D eigenvalue weighted by Gasteiger charge is -2.19. The Labute approximate surface area is 171 Å². The zero-order chi connectivity index (χ0) is 20.6. The predicted octanol–water partition coefficient (Wildman–Crippen LogP) is 4.31. The minimum atomic E-state index is -3.00. The number of rotatable bonds is 5. The highest BCUT2D eigenvalue weighted by Gasteiger charge is 2.45. The molecule has 152 valence electrons. The van der Waals surface area contributed by atoms with Gasteiger partial charge in [0.15, 0.2) is 0 Å². The van der Waals surface area contributed by atoms with E-state index in [9.17, 15) is 13.6 Å². The molecule has 2 N–H and O–H groups in total. The summed E-state index contributed by atoms with van der Waals surface area (Å²) in [6.07, 6.45) is 0. The zero-order valence-electron chi connectivity index (χ0n) is 15.6. The molecule has 0 bridgehead atoms. The second kappa shape index (κ2) is 7.65. The quantitative estimate of drug-likeness (QED) is 0.645. The van der Waals surface area contributed by atoms with Crippen LogP contribution in [0.15, 0.2) is 46.9 Å². The molecule has 2 heterocycles. The average Bonchev–Trinajstić information content (AvgIpc) is 3.18. The van der Waals surface area contributed by atoms with Gasteiger partial charge in [0.25, 0.3) is 11.8 Å². The molecule has 1 atom stereocenters. The first kappa shape index (κ1) is 19.7. The second-order valence-electron chi connectivity index (χ2n) is 7.00. The van der Waals surface area contributed by atoms with Crippen molar-refractivity contribution in [1.29, 1.82) is 0 Å². The zero-order valence-corrected chi connectivity index (χ0v) is 16.4. The lowest BCUT2D eigenvalue weighted by Crippen LogP contribution is -2.46. The Kier molecular flexibility index (Phi) is 5.19. The normalized spacial score (nSPS) is 18.1. The Morgan fingerprint density at radius 3 is 2.79 bits per heavy atom. The van der Waals surface area contributed by atoms with E-state index >= 15 is 0 Å². The van der Waals surface area contributed by atoms with Gasteiger partial charge in [-0.25, -0.2) is 8.78 Å². The van der Waals surface area contributed by atoms with Crippen LogP contribution in [0.3, 0.4) is 0 Å². The molecule has 1 aliphatic heterocycles. The van der Waals surface area contributed by atoms with Crippen molar-refractivity contribution in [3.8, 4) is 5.75 Å². The van der Waals surface area contributed by atoms with E-state index in [0.29, 0.717) is 34.1 Å². The number of alkyl halides is 2. The van der Waals surface area contributed by atoms with Crippen LogP contribution in [0.5, 0.6) is 5.75 Å². The molecule has 1 unspecified atom stereocenters. The summed E-state index contributed by atoms with van der Waals surface area (Å²) in [6, 6.07) is 11.4. The molecule has 0 radical (unpaired) electrons. The monoisotopic (exact) mass is 420 g/mol. The fourth-order valence-electron chi connectivity index (χ4n) is 3.39. The van der Waals surface area contributed by atoms with Gasteiger partial charge in [-0.05, 0) is 18.6 Å². The van der Waals surface area contributed by atoms with Crippen LogP contribution in [-0.4, -0.2) is 31.0 Å². The molecule has 1 saturated heterocycles. The van der Waals surface area contributed by atoms with Crippen LogP contribution in [0.2, 0.25) is 5.02 Å². The first-order chi connectivity index (χ1) is 13.8. The molecule has 3 aromatic rings. The third-order valence-corrected chi connectivity index (χ3v) is 5.20.